The number of carbonyl (C=O) groups excluding carboxylic acids is 1. The normalized spacial score (nSPS) is 26.3. The lowest BCUT2D eigenvalue weighted by molar-refractivity contribution is -0.143. The van der Waals surface area contributed by atoms with E-state index in [0.717, 1.165) is 6.42 Å². The molecule has 1 saturated carbocycles. The third kappa shape index (κ3) is 2.94. The average molecular weight is 254 g/mol. The van der Waals surface area contributed by atoms with E-state index < -0.39 is 11.9 Å². The Kier molecular flexibility index (Phi) is 3.78. The number of likely N-dealkylation sites (tertiary alicyclic amines) is 1. The molecule has 0 bridgehead atoms. The second-order valence-corrected chi connectivity index (χ2v) is 5.95. The monoisotopic (exact) mass is 254 g/mol. The molecule has 0 aromatic carbocycles. The number of carboxylic acid groups (broad SMARTS) is 1. The van der Waals surface area contributed by atoms with Crippen LogP contribution >= 0.6 is 0 Å². The number of piperidine rings is 1. The Labute approximate surface area is 108 Å². The van der Waals surface area contributed by atoms with Crippen molar-refractivity contribution in [3.63, 3.8) is 0 Å². The molecule has 1 aliphatic heterocycles. The Morgan fingerprint density at radius 2 is 2.11 bits per heavy atom. The molecule has 0 radical (unpaired) electrons. The van der Waals surface area contributed by atoms with Crippen molar-refractivity contribution in [3.8, 4) is 0 Å². The second-order valence-electron chi connectivity index (χ2n) is 5.95. The Hall–Kier alpha value is -1.26. The first-order valence-electron chi connectivity index (χ1n) is 6.76. The first-order valence-corrected chi connectivity index (χ1v) is 6.76. The van der Waals surface area contributed by atoms with Gasteiger partial charge in [-0.05, 0) is 31.1 Å². The number of nitrogens with zero attached hydrogens (tertiary/aromatic N) is 1. The molecule has 0 aromatic heterocycles. The van der Waals surface area contributed by atoms with E-state index in [1.54, 1.807) is 4.90 Å². The molecule has 1 aliphatic carbocycles. The van der Waals surface area contributed by atoms with Crippen LogP contribution in [0.2, 0.25) is 0 Å². The maximum absolute atomic E-state index is 12.0. The highest BCUT2D eigenvalue weighted by molar-refractivity contribution is 5.76. The fourth-order valence-electron chi connectivity index (χ4n) is 2.72. The Morgan fingerprint density at radius 3 is 2.67 bits per heavy atom. The van der Waals surface area contributed by atoms with Gasteiger partial charge in [0.2, 0.25) is 0 Å². The van der Waals surface area contributed by atoms with E-state index in [4.69, 9.17) is 5.11 Å². The molecule has 2 rings (SSSR count). The van der Waals surface area contributed by atoms with Crippen LogP contribution in [0, 0.1) is 11.3 Å². The fraction of sp³-hybridized carbons (Fsp3) is 0.846. The molecule has 2 N–H and O–H groups in total. The van der Waals surface area contributed by atoms with E-state index in [-0.39, 0.29) is 11.4 Å². The van der Waals surface area contributed by atoms with Crippen LogP contribution < -0.4 is 5.32 Å². The lowest BCUT2D eigenvalue weighted by atomic mass is 9.70. The van der Waals surface area contributed by atoms with Gasteiger partial charge in [0, 0.05) is 19.6 Å². The Balaban J connectivity index is 1.79. The first kappa shape index (κ1) is 13.2. The van der Waals surface area contributed by atoms with Crippen LogP contribution in [0.25, 0.3) is 0 Å². The molecule has 0 spiro atoms. The van der Waals surface area contributed by atoms with Crippen molar-refractivity contribution in [1.29, 1.82) is 0 Å². The molecule has 2 amide bonds. The lowest BCUT2D eigenvalue weighted by Crippen LogP contribution is -2.50. The van der Waals surface area contributed by atoms with Crippen molar-refractivity contribution in [2.45, 2.75) is 39.0 Å². The van der Waals surface area contributed by atoms with E-state index in [0.29, 0.717) is 26.1 Å². The maximum Gasteiger partial charge on any atom is 0.317 e. The fourth-order valence-corrected chi connectivity index (χ4v) is 2.72. The molecule has 1 heterocycles. The molecule has 1 atom stereocenters. The summed E-state index contributed by atoms with van der Waals surface area (Å²) in [5, 5.41) is 11.9. The predicted octanol–water partition coefficient (Wildman–Crippen LogP) is 1.68. The highest BCUT2D eigenvalue weighted by atomic mass is 16.4. The van der Waals surface area contributed by atoms with Gasteiger partial charge in [-0.3, -0.25) is 4.79 Å². The van der Waals surface area contributed by atoms with E-state index in [9.17, 15) is 9.59 Å². The van der Waals surface area contributed by atoms with Crippen LogP contribution in [0.5, 0.6) is 0 Å². The summed E-state index contributed by atoms with van der Waals surface area (Å²) >= 11 is 0. The number of nitrogens with one attached hydrogen (secondary N) is 1. The SMILES string of the molecule is CC1(CNC(=O)N2CCCC(C(=O)O)C2)CCC1. The molecular formula is C13H22N2O3. The molecule has 0 aromatic rings. The van der Waals surface area contributed by atoms with E-state index >= 15 is 0 Å². The molecule has 2 aliphatic rings. The molecule has 1 saturated heterocycles. The zero-order valence-corrected chi connectivity index (χ0v) is 10.9. The van der Waals surface area contributed by atoms with E-state index in [2.05, 4.69) is 12.2 Å². The minimum Gasteiger partial charge on any atom is -0.481 e. The van der Waals surface area contributed by atoms with Gasteiger partial charge in [0.1, 0.15) is 0 Å². The highest BCUT2D eigenvalue weighted by Crippen LogP contribution is 2.39. The molecule has 5 heteroatoms. The average Bonchev–Trinajstić information content (AvgIpc) is 2.33. The summed E-state index contributed by atoms with van der Waals surface area (Å²) in [7, 11) is 0. The van der Waals surface area contributed by atoms with Gasteiger partial charge < -0.3 is 15.3 Å². The number of urea groups is 1. The third-order valence-electron chi connectivity index (χ3n) is 4.28. The van der Waals surface area contributed by atoms with Crippen molar-refractivity contribution in [1.82, 2.24) is 10.2 Å². The summed E-state index contributed by atoms with van der Waals surface area (Å²) in [5.74, 6) is -1.19. The summed E-state index contributed by atoms with van der Waals surface area (Å²) < 4.78 is 0. The van der Waals surface area contributed by atoms with Crippen molar-refractivity contribution in [2.75, 3.05) is 19.6 Å². The van der Waals surface area contributed by atoms with Crippen molar-refractivity contribution in [2.24, 2.45) is 11.3 Å². The van der Waals surface area contributed by atoms with Gasteiger partial charge in [0.15, 0.2) is 0 Å². The van der Waals surface area contributed by atoms with Gasteiger partial charge in [-0.2, -0.15) is 0 Å². The second kappa shape index (κ2) is 5.16. The number of amides is 2. The van der Waals surface area contributed by atoms with Crippen LogP contribution in [-0.2, 0) is 4.79 Å². The third-order valence-corrected chi connectivity index (χ3v) is 4.28. The molecule has 5 nitrogen and oxygen atoms in total. The van der Waals surface area contributed by atoms with Crippen molar-refractivity contribution >= 4 is 12.0 Å². The van der Waals surface area contributed by atoms with Gasteiger partial charge in [-0.15, -0.1) is 0 Å². The van der Waals surface area contributed by atoms with Crippen molar-refractivity contribution < 1.29 is 14.7 Å². The first-order chi connectivity index (χ1) is 8.50. The maximum atomic E-state index is 12.0. The zero-order valence-electron chi connectivity index (χ0n) is 10.9. The molecule has 18 heavy (non-hydrogen) atoms. The molecule has 102 valence electrons. The molecule has 1 unspecified atom stereocenters. The summed E-state index contributed by atoms with van der Waals surface area (Å²) in [6.45, 7) is 3.91. The summed E-state index contributed by atoms with van der Waals surface area (Å²) in [4.78, 5) is 24.6. The lowest BCUT2D eigenvalue weighted by Gasteiger charge is -2.39. The van der Waals surface area contributed by atoms with E-state index in [1.807, 2.05) is 0 Å². The summed E-state index contributed by atoms with van der Waals surface area (Å²) in [5.41, 5.74) is 0.262. The number of carbonyl (C=O) groups is 2. The van der Waals surface area contributed by atoms with Gasteiger partial charge in [-0.1, -0.05) is 13.3 Å². The topological polar surface area (TPSA) is 69.6 Å². The van der Waals surface area contributed by atoms with Crippen LogP contribution in [0.3, 0.4) is 0 Å². The van der Waals surface area contributed by atoms with Crippen LogP contribution in [-0.4, -0.2) is 41.6 Å². The standard InChI is InChI=1S/C13H22N2O3/c1-13(5-3-6-13)9-14-12(18)15-7-2-4-10(8-15)11(16)17/h10H,2-9H2,1H3,(H,14,18)(H,16,17). The molecule has 2 fully saturated rings. The van der Waals surface area contributed by atoms with Crippen LogP contribution in [0.4, 0.5) is 4.79 Å². The number of aliphatic carboxylic acids is 1. The van der Waals surface area contributed by atoms with E-state index in [1.165, 1.54) is 19.3 Å². The number of hydrogen-bond donors (Lipinski definition) is 2. The van der Waals surface area contributed by atoms with Gasteiger partial charge in [-0.25, -0.2) is 4.79 Å². The Morgan fingerprint density at radius 1 is 1.39 bits per heavy atom. The Bertz CT molecular complexity index is 339. The zero-order chi connectivity index (χ0) is 13.2. The summed E-state index contributed by atoms with van der Waals surface area (Å²) in [6, 6.07) is -0.103. The van der Waals surface area contributed by atoms with Crippen molar-refractivity contribution in [3.05, 3.63) is 0 Å². The minimum atomic E-state index is -0.793. The smallest absolute Gasteiger partial charge is 0.317 e. The minimum absolute atomic E-state index is 0.103. The summed E-state index contributed by atoms with van der Waals surface area (Å²) in [6.07, 6.45) is 5.05. The number of rotatable bonds is 3. The quantitative estimate of drug-likeness (QED) is 0.805. The largest absolute Gasteiger partial charge is 0.481 e. The van der Waals surface area contributed by atoms with Crippen LogP contribution in [0.15, 0.2) is 0 Å². The predicted molar refractivity (Wildman–Crippen MR) is 67.3 cm³/mol. The van der Waals surface area contributed by atoms with Gasteiger partial charge >= 0.3 is 12.0 Å². The van der Waals surface area contributed by atoms with Gasteiger partial charge in [0.25, 0.3) is 0 Å². The molecular weight excluding hydrogens is 232 g/mol. The highest BCUT2D eigenvalue weighted by Gasteiger charge is 2.33. The number of hydrogen-bond acceptors (Lipinski definition) is 2. The van der Waals surface area contributed by atoms with Crippen LogP contribution in [0.1, 0.15) is 39.0 Å². The number of carboxylic acids is 1. The van der Waals surface area contributed by atoms with Gasteiger partial charge in [0.05, 0.1) is 5.92 Å².